The number of hydrogen-bond donors (Lipinski definition) is 0. The second-order valence-electron chi connectivity index (χ2n) is 7.23. The third-order valence-electron chi connectivity index (χ3n) is 5.37. The molecule has 0 aromatic heterocycles. The van der Waals surface area contributed by atoms with Gasteiger partial charge >= 0.3 is 5.97 Å². The lowest BCUT2D eigenvalue weighted by molar-refractivity contribution is -0.152. The van der Waals surface area contributed by atoms with E-state index in [-0.39, 0.29) is 30.9 Å². The Labute approximate surface area is 161 Å². The molecule has 0 unspecified atom stereocenters. The smallest absolute Gasteiger partial charge is 0.306 e. The number of methoxy groups -OCH3 is 2. The highest BCUT2D eigenvalue weighted by molar-refractivity contribution is 5.80. The van der Waals surface area contributed by atoms with Gasteiger partial charge in [0.25, 0.3) is 5.91 Å². The molecule has 0 N–H and O–H groups in total. The Bertz CT molecular complexity index is 637. The van der Waals surface area contributed by atoms with Crippen molar-refractivity contribution < 1.29 is 23.8 Å². The maximum Gasteiger partial charge on any atom is 0.306 e. The Kier molecular flexibility index (Phi) is 7.95. The van der Waals surface area contributed by atoms with E-state index < -0.39 is 0 Å². The van der Waals surface area contributed by atoms with Crippen LogP contribution in [0.25, 0.3) is 0 Å². The number of aryl methyl sites for hydroxylation is 1. The van der Waals surface area contributed by atoms with Crippen molar-refractivity contribution in [1.29, 1.82) is 0 Å². The Morgan fingerprint density at radius 1 is 1.11 bits per heavy atom. The molecular weight excluding hydrogens is 346 g/mol. The minimum Gasteiger partial charge on any atom is -0.493 e. The summed E-state index contributed by atoms with van der Waals surface area (Å²) in [6.45, 7) is 2.05. The van der Waals surface area contributed by atoms with E-state index in [2.05, 4.69) is 6.92 Å². The van der Waals surface area contributed by atoms with E-state index in [0.717, 1.165) is 37.2 Å². The lowest BCUT2D eigenvalue weighted by atomic mass is 9.87. The number of rotatable bonds is 8. The van der Waals surface area contributed by atoms with Crippen LogP contribution in [0.5, 0.6) is 11.5 Å². The van der Waals surface area contributed by atoms with Gasteiger partial charge in [0.1, 0.15) is 0 Å². The van der Waals surface area contributed by atoms with Crippen molar-refractivity contribution in [3.63, 3.8) is 0 Å². The SMILES string of the molecule is COc1cccc(CCC(=O)OCC(=O)N(C)C2CCC(C)CC2)c1OC. The van der Waals surface area contributed by atoms with E-state index in [1.807, 2.05) is 12.1 Å². The number of ether oxygens (including phenoxy) is 3. The van der Waals surface area contributed by atoms with Gasteiger partial charge in [0, 0.05) is 19.5 Å². The number of carbonyl (C=O) groups is 2. The normalized spacial score (nSPS) is 19.3. The molecule has 6 nitrogen and oxygen atoms in total. The third-order valence-corrected chi connectivity index (χ3v) is 5.37. The quantitative estimate of drug-likeness (QED) is 0.651. The number of amides is 1. The van der Waals surface area contributed by atoms with Crippen molar-refractivity contribution in [2.45, 2.75) is 51.5 Å². The van der Waals surface area contributed by atoms with E-state index in [0.29, 0.717) is 17.9 Å². The zero-order valence-electron chi connectivity index (χ0n) is 16.8. The van der Waals surface area contributed by atoms with Crippen LogP contribution in [0.15, 0.2) is 18.2 Å². The highest BCUT2D eigenvalue weighted by Gasteiger charge is 2.25. The van der Waals surface area contributed by atoms with E-state index >= 15 is 0 Å². The predicted octanol–water partition coefficient (Wildman–Crippen LogP) is 3.22. The highest BCUT2D eigenvalue weighted by Crippen LogP contribution is 2.31. The first-order valence-corrected chi connectivity index (χ1v) is 9.57. The van der Waals surface area contributed by atoms with Crippen LogP contribution >= 0.6 is 0 Å². The van der Waals surface area contributed by atoms with Crippen molar-refractivity contribution in [1.82, 2.24) is 4.90 Å². The molecule has 0 aliphatic heterocycles. The van der Waals surface area contributed by atoms with Gasteiger partial charge < -0.3 is 19.1 Å². The monoisotopic (exact) mass is 377 g/mol. The minimum absolute atomic E-state index is 0.137. The summed E-state index contributed by atoms with van der Waals surface area (Å²) in [5.74, 6) is 1.45. The van der Waals surface area contributed by atoms with Gasteiger partial charge in [0.2, 0.25) is 0 Å². The topological polar surface area (TPSA) is 65.1 Å². The van der Waals surface area contributed by atoms with Crippen LogP contribution in [0.2, 0.25) is 0 Å². The maximum absolute atomic E-state index is 12.3. The summed E-state index contributed by atoms with van der Waals surface area (Å²) >= 11 is 0. The molecule has 2 rings (SSSR count). The maximum atomic E-state index is 12.3. The first-order chi connectivity index (χ1) is 13.0. The lowest BCUT2D eigenvalue weighted by Gasteiger charge is -2.33. The number of nitrogens with zero attached hydrogens (tertiary/aromatic N) is 1. The predicted molar refractivity (Wildman–Crippen MR) is 103 cm³/mol. The zero-order valence-corrected chi connectivity index (χ0v) is 16.8. The number of carbonyl (C=O) groups excluding carboxylic acids is 2. The van der Waals surface area contributed by atoms with Crippen LogP contribution < -0.4 is 9.47 Å². The number of para-hydroxylation sites is 1. The van der Waals surface area contributed by atoms with Gasteiger partial charge in [0.05, 0.1) is 14.2 Å². The molecule has 0 radical (unpaired) electrons. The summed E-state index contributed by atoms with van der Waals surface area (Å²) in [7, 11) is 4.95. The third kappa shape index (κ3) is 5.88. The Morgan fingerprint density at radius 2 is 1.81 bits per heavy atom. The molecule has 1 aromatic rings. The van der Waals surface area contributed by atoms with Gasteiger partial charge in [-0.05, 0) is 49.7 Å². The van der Waals surface area contributed by atoms with Gasteiger partial charge in [-0.3, -0.25) is 9.59 Å². The Hall–Kier alpha value is -2.24. The average Bonchev–Trinajstić information content (AvgIpc) is 2.69. The van der Waals surface area contributed by atoms with Crippen LogP contribution in [-0.2, 0) is 20.7 Å². The van der Waals surface area contributed by atoms with Crippen molar-refractivity contribution in [2.24, 2.45) is 5.92 Å². The van der Waals surface area contributed by atoms with E-state index in [9.17, 15) is 9.59 Å². The van der Waals surface area contributed by atoms with Gasteiger partial charge in [-0.25, -0.2) is 0 Å². The van der Waals surface area contributed by atoms with E-state index in [4.69, 9.17) is 14.2 Å². The van der Waals surface area contributed by atoms with Crippen molar-refractivity contribution in [2.75, 3.05) is 27.9 Å². The van der Waals surface area contributed by atoms with Crippen LogP contribution in [0.1, 0.15) is 44.6 Å². The fourth-order valence-electron chi connectivity index (χ4n) is 3.54. The standard InChI is InChI=1S/C21H31NO5/c1-15-8-11-17(12-9-15)22(2)19(23)14-27-20(24)13-10-16-6-5-7-18(25-3)21(16)26-4/h5-7,15,17H,8-14H2,1-4H3. The Morgan fingerprint density at radius 3 is 2.44 bits per heavy atom. The highest BCUT2D eigenvalue weighted by atomic mass is 16.5. The number of hydrogen-bond acceptors (Lipinski definition) is 5. The fourth-order valence-corrected chi connectivity index (χ4v) is 3.54. The van der Waals surface area contributed by atoms with Crippen molar-refractivity contribution in [3.05, 3.63) is 23.8 Å². The first kappa shape index (κ1) is 21.1. The van der Waals surface area contributed by atoms with Gasteiger partial charge in [-0.2, -0.15) is 0 Å². The summed E-state index contributed by atoms with van der Waals surface area (Å²) in [6, 6.07) is 5.80. The molecule has 1 saturated carbocycles. The Balaban J connectivity index is 1.78. The second-order valence-corrected chi connectivity index (χ2v) is 7.23. The van der Waals surface area contributed by atoms with E-state index in [1.165, 1.54) is 0 Å². The molecule has 150 valence electrons. The molecule has 1 aromatic carbocycles. The number of likely N-dealkylation sites (N-methyl/N-ethyl adjacent to an activating group) is 1. The molecule has 0 saturated heterocycles. The van der Waals surface area contributed by atoms with Crippen LogP contribution in [0, 0.1) is 5.92 Å². The average molecular weight is 377 g/mol. The van der Waals surface area contributed by atoms with Crippen LogP contribution in [-0.4, -0.2) is 50.7 Å². The van der Waals surface area contributed by atoms with Crippen LogP contribution in [0.4, 0.5) is 0 Å². The molecule has 0 heterocycles. The fraction of sp³-hybridized carbons (Fsp3) is 0.619. The molecule has 1 aliphatic carbocycles. The summed E-state index contributed by atoms with van der Waals surface area (Å²) in [5.41, 5.74) is 0.869. The van der Waals surface area contributed by atoms with Crippen LogP contribution in [0.3, 0.4) is 0 Å². The number of esters is 1. The van der Waals surface area contributed by atoms with Gasteiger partial charge in [-0.15, -0.1) is 0 Å². The van der Waals surface area contributed by atoms with Crippen molar-refractivity contribution >= 4 is 11.9 Å². The minimum atomic E-state index is -0.390. The first-order valence-electron chi connectivity index (χ1n) is 9.57. The number of benzene rings is 1. The molecular formula is C21H31NO5. The molecule has 0 bridgehead atoms. The summed E-state index contributed by atoms with van der Waals surface area (Å²) < 4.78 is 15.8. The summed E-state index contributed by atoms with van der Waals surface area (Å²) in [4.78, 5) is 26.1. The molecule has 27 heavy (non-hydrogen) atoms. The molecule has 1 amide bonds. The molecule has 1 fully saturated rings. The zero-order chi connectivity index (χ0) is 19.8. The molecule has 0 atom stereocenters. The molecule has 1 aliphatic rings. The van der Waals surface area contributed by atoms with E-state index in [1.54, 1.807) is 32.2 Å². The van der Waals surface area contributed by atoms with Gasteiger partial charge in [0.15, 0.2) is 18.1 Å². The molecule has 0 spiro atoms. The summed E-state index contributed by atoms with van der Waals surface area (Å²) in [5, 5.41) is 0. The lowest BCUT2D eigenvalue weighted by Crippen LogP contribution is -2.41. The van der Waals surface area contributed by atoms with Crippen molar-refractivity contribution in [3.8, 4) is 11.5 Å². The summed E-state index contributed by atoms with van der Waals surface area (Å²) in [6.07, 6.45) is 4.97. The second kappa shape index (κ2) is 10.2. The van der Waals surface area contributed by atoms with Gasteiger partial charge in [-0.1, -0.05) is 19.1 Å². The largest absolute Gasteiger partial charge is 0.493 e. The molecule has 6 heteroatoms.